The second-order valence-electron chi connectivity index (χ2n) is 4.29. The standard InChI is InChI=1S/C12H13F4N3O.CH3.Na/c1-2-19-5-9(12(14,15)16)18-11(19)10-8(13)3-7(6-20)4-17-10;;/h3-5,11,18,20H,2,6H2,1H3;1H3;/q;-1;+1. The summed E-state index contributed by atoms with van der Waals surface area (Å²) in [5.41, 5.74) is -0.812. The number of aromatic nitrogens is 1. The first-order chi connectivity index (χ1) is 9.36. The zero-order valence-corrected chi connectivity index (χ0v) is 14.6. The minimum Gasteiger partial charge on any atom is -0.392 e. The topological polar surface area (TPSA) is 48.4 Å². The van der Waals surface area contributed by atoms with Gasteiger partial charge in [-0.2, -0.15) is 13.2 Å². The molecule has 0 saturated heterocycles. The van der Waals surface area contributed by atoms with Crippen LogP contribution in [0.5, 0.6) is 0 Å². The number of aliphatic hydroxyl groups excluding tert-OH is 1. The summed E-state index contributed by atoms with van der Waals surface area (Å²) in [6.07, 6.45) is -3.39. The van der Waals surface area contributed by atoms with E-state index in [0.717, 1.165) is 12.3 Å². The minimum absolute atomic E-state index is 0. The summed E-state index contributed by atoms with van der Waals surface area (Å²) in [4.78, 5) is 5.12. The van der Waals surface area contributed by atoms with Crippen LogP contribution in [0.15, 0.2) is 24.2 Å². The number of halogens is 4. The molecule has 2 heterocycles. The average molecular weight is 329 g/mol. The summed E-state index contributed by atoms with van der Waals surface area (Å²) in [5, 5.41) is 11.1. The zero-order valence-electron chi connectivity index (χ0n) is 12.6. The second-order valence-corrected chi connectivity index (χ2v) is 4.29. The van der Waals surface area contributed by atoms with Gasteiger partial charge >= 0.3 is 35.7 Å². The molecule has 1 unspecified atom stereocenters. The van der Waals surface area contributed by atoms with Crippen molar-refractivity contribution in [3.05, 3.63) is 48.7 Å². The van der Waals surface area contributed by atoms with Gasteiger partial charge < -0.3 is 22.7 Å². The summed E-state index contributed by atoms with van der Waals surface area (Å²) < 4.78 is 51.9. The monoisotopic (exact) mass is 329 g/mol. The fraction of sp³-hybridized carbons (Fsp3) is 0.385. The Kier molecular flexibility index (Phi) is 7.84. The molecule has 9 heteroatoms. The van der Waals surface area contributed by atoms with E-state index in [0.29, 0.717) is 0 Å². The Morgan fingerprint density at radius 3 is 2.50 bits per heavy atom. The molecule has 2 N–H and O–H groups in total. The third-order valence-electron chi connectivity index (χ3n) is 2.96. The van der Waals surface area contributed by atoms with Crippen molar-refractivity contribution >= 4 is 0 Å². The van der Waals surface area contributed by atoms with E-state index in [2.05, 4.69) is 10.3 Å². The molecule has 0 bridgehead atoms. The van der Waals surface area contributed by atoms with Crippen LogP contribution < -0.4 is 34.9 Å². The number of hydrogen-bond acceptors (Lipinski definition) is 4. The predicted molar refractivity (Wildman–Crippen MR) is 68.9 cm³/mol. The van der Waals surface area contributed by atoms with Gasteiger partial charge in [-0.25, -0.2) is 4.39 Å². The number of rotatable bonds is 3. The van der Waals surface area contributed by atoms with E-state index in [1.807, 2.05) is 0 Å². The summed E-state index contributed by atoms with van der Waals surface area (Å²) in [7, 11) is 0. The number of alkyl halides is 3. The van der Waals surface area contributed by atoms with Crippen molar-refractivity contribution in [2.24, 2.45) is 0 Å². The molecule has 0 spiro atoms. The summed E-state index contributed by atoms with van der Waals surface area (Å²) in [5.74, 6) is -0.760. The van der Waals surface area contributed by atoms with Crippen molar-refractivity contribution in [2.45, 2.75) is 25.9 Å². The molecule has 22 heavy (non-hydrogen) atoms. The fourth-order valence-electron chi connectivity index (χ4n) is 1.94. The Bertz CT molecular complexity index is 537. The van der Waals surface area contributed by atoms with Gasteiger partial charge in [-0.15, -0.1) is 0 Å². The summed E-state index contributed by atoms with van der Waals surface area (Å²) in [6, 6.07) is 1.06. The maximum Gasteiger partial charge on any atom is 1.00 e. The molecule has 0 fully saturated rings. The molecule has 0 aromatic carbocycles. The van der Waals surface area contributed by atoms with Gasteiger partial charge in [0.15, 0.2) is 0 Å². The van der Waals surface area contributed by atoms with Gasteiger partial charge in [0.05, 0.1) is 6.61 Å². The smallest absolute Gasteiger partial charge is 0.392 e. The molecule has 1 aromatic rings. The first-order valence-electron chi connectivity index (χ1n) is 5.93. The van der Waals surface area contributed by atoms with Gasteiger partial charge in [0.1, 0.15) is 23.4 Å². The van der Waals surface area contributed by atoms with Crippen LogP contribution in [0.3, 0.4) is 0 Å². The maximum absolute atomic E-state index is 13.9. The number of nitrogens with one attached hydrogen (secondary N) is 1. The number of aliphatic hydroxyl groups is 1. The summed E-state index contributed by atoms with van der Waals surface area (Å²) in [6.45, 7) is 1.54. The Morgan fingerprint density at radius 1 is 1.41 bits per heavy atom. The zero-order chi connectivity index (χ0) is 14.9. The maximum atomic E-state index is 13.9. The molecule has 0 radical (unpaired) electrons. The molecule has 4 nitrogen and oxygen atoms in total. The molecule has 0 saturated carbocycles. The molecular weight excluding hydrogens is 313 g/mol. The average Bonchev–Trinajstić information content (AvgIpc) is 2.82. The van der Waals surface area contributed by atoms with Gasteiger partial charge in [0.2, 0.25) is 0 Å². The van der Waals surface area contributed by atoms with Crippen molar-refractivity contribution in [3.8, 4) is 0 Å². The van der Waals surface area contributed by atoms with Crippen LogP contribution in [-0.4, -0.2) is 27.7 Å². The van der Waals surface area contributed by atoms with Crippen molar-refractivity contribution in [3.63, 3.8) is 0 Å². The molecule has 1 aliphatic heterocycles. The third kappa shape index (κ3) is 4.34. The van der Waals surface area contributed by atoms with E-state index in [9.17, 15) is 17.6 Å². The van der Waals surface area contributed by atoms with Gasteiger partial charge in [-0.3, -0.25) is 4.98 Å². The number of hydrogen-bond donors (Lipinski definition) is 2. The van der Waals surface area contributed by atoms with E-state index in [-0.39, 0.29) is 61.4 Å². The molecule has 1 aliphatic rings. The van der Waals surface area contributed by atoms with E-state index < -0.39 is 23.9 Å². The first-order valence-corrected chi connectivity index (χ1v) is 5.93. The summed E-state index contributed by atoms with van der Waals surface area (Å²) >= 11 is 0. The van der Waals surface area contributed by atoms with Crippen LogP contribution in [-0.2, 0) is 6.61 Å². The van der Waals surface area contributed by atoms with Crippen molar-refractivity contribution in [2.75, 3.05) is 6.54 Å². The third-order valence-corrected chi connectivity index (χ3v) is 2.96. The Balaban J connectivity index is 0.00000220. The Morgan fingerprint density at radius 2 is 2.05 bits per heavy atom. The number of allylic oxidation sites excluding steroid dienone is 1. The Hall–Kier alpha value is -0.830. The minimum atomic E-state index is -4.52. The van der Waals surface area contributed by atoms with E-state index >= 15 is 0 Å². The predicted octanol–water partition coefficient (Wildman–Crippen LogP) is -0.505. The van der Waals surface area contributed by atoms with E-state index in [1.54, 1.807) is 6.92 Å². The fourth-order valence-corrected chi connectivity index (χ4v) is 1.94. The quantitative estimate of drug-likeness (QED) is 0.446. The van der Waals surface area contributed by atoms with Crippen molar-refractivity contribution in [1.29, 1.82) is 0 Å². The van der Waals surface area contributed by atoms with Gasteiger partial charge in [-0.05, 0) is 18.6 Å². The van der Waals surface area contributed by atoms with Crippen LogP contribution in [0.4, 0.5) is 17.6 Å². The largest absolute Gasteiger partial charge is 1.00 e. The van der Waals surface area contributed by atoms with E-state index in [4.69, 9.17) is 5.11 Å². The van der Waals surface area contributed by atoms with Crippen molar-refractivity contribution < 1.29 is 52.2 Å². The van der Waals surface area contributed by atoms with Crippen LogP contribution in [0.1, 0.15) is 24.3 Å². The molecule has 0 aliphatic carbocycles. The van der Waals surface area contributed by atoms with Crippen LogP contribution in [0.25, 0.3) is 0 Å². The molecule has 1 aromatic heterocycles. The Labute approximate surface area is 148 Å². The number of pyridine rings is 1. The first kappa shape index (κ1) is 21.2. The van der Waals surface area contributed by atoms with Crippen LogP contribution in [0.2, 0.25) is 0 Å². The molecule has 118 valence electrons. The SMILES string of the molecule is CCN1C=C(C(F)(F)F)NC1c1ncc(CO)cc1F.[CH3-].[Na+]. The van der Waals surface area contributed by atoms with Crippen LogP contribution in [0, 0.1) is 13.2 Å². The molecular formula is C13H16F4N3NaO. The molecule has 0 amide bonds. The van der Waals surface area contributed by atoms with Crippen molar-refractivity contribution in [1.82, 2.24) is 15.2 Å². The van der Waals surface area contributed by atoms with E-state index in [1.165, 1.54) is 11.1 Å². The van der Waals surface area contributed by atoms with Gasteiger partial charge in [0.25, 0.3) is 0 Å². The number of nitrogens with zero attached hydrogens (tertiary/aromatic N) is 2. The van der Waals surface area contributed by atoms with Gasteiger partial charge in [-0.1, -0.05) is 0 Å². The molecule has 1 atom stereocenters. The normalized spacial score (nSPS) is 17.3. The second kappa shape index (κ2) is 8.14. The van der Waals surface area contributed by atoms with Crippen LogP contribution >= 0.6 is 0 Å². The molecule has 2 rings (SSSR count). The van der Waals surface area contributed by atoms with Gasteiger partial charge in [0, 0.05) is 18.9 Å².